The van der Waals surface area contributed by atoms with Gasteiger partial charge in [-0.2, -0.15) is 0 Å². The van der Waals surface area contributed by atoms with Gasteiger partial charge < -0.3 is 10.6 Å². The molecule has 0 saturated carbocycles. The van der Waals surface area contributed by atoms with E-state index >= 15 is 0 Å². The number of H-pyrrole nitrogens is 1. The Kier molecular flexibility index (Phi) is 7.54. The Morgan fingerprint density at radius 3 is 2.67 bits per heavy atom. The largest absolute Gasteiger partial charge is 0.348 e. The van der Waals surface area contributed by atoms with Crippen LogP contribution in [0.1, 0.15) is 32.2 Å². The minimum absolute atomic E-state index is 0.135. The first-order valence-corrected chi connectivity index (χ1v) is 12.2. The Morgan fingerprint density at radius 2 is 1.88 bits per heavy atom. The lowest BCUT2D eigenvalue weighted by molar-refractivity contribution is -0.113. The Bertz CT molecular complexity index is 1220. The van der Waals surface area contributed by atoms with Crippen molar-refractivity contribution in [3.8, 4) is 0 Å². The molecule has 3 N–H and O–H groups in total. The fourth-order valence-electron chi connectivity index (χ4n) is 3.09. The number of nitrogens with zero attached hydrogens (tertiary/aromatic N) is 2. The van der Waals surface area contributed by atoms with Crippen molar-refractivity contribution >= 4 is 40.6 Å². The predicted octanol–water partition coefficient (Wildman–Crippen LogP) is 4.43. The number of carbonyl (C=O) groups excluding carboxylic acids is 2. The van der Waals surface area contributed by atoms with Crippen LogP contribution in [-0.4, -0.2) is 32.7 Å². The van der Waals surface area contributed by atoms with Crippen LogP contribution in [0, 0.1) is 6.92 Å². The third-order valence-corrected chi connectivity index (χ3v) is 6.51. The molecule has 2 aromatic carbocycles. The van der Waals surface area contributed by atoms with Gasteiger partial charge in [0.15, 0.2) is 0 Å². The van der Waals surface area contributed by atoms with Gasteiger partial charge in [-0.25, -0.2) is 4.98 Å². The van der Waals surface area contributed by atoms with Crippen molar-refractivity contribution in [3.05, 3.63) is 93.4 Å². The normalized spacial score (nSPS) is 10.7. The van der Waals surface area contributed by atoms with Gasteiger partial charge in [-0.15, -0.1) is 16.4 Å². The number of hydrogen-bond acceptors (Lipinski definition) is 6. The van der Waals surface area contributed by atoms with Crippen molar-refractivity contribution in [2.24, 2.45) is 0 Å². The molecule has 9 heteroatoms. The van der Waals surface area contributed by atoms with Crippen LogP contribution in [0.3, 0.4) is 0 Å². The summed E-state index contributed by atoms with van der Waals surface area (Å²) in [6.07, 6.45) is 0.683. The highest BCUT2D eigenvalue weighted by atomic mass is 32.2. The lowest BCUT2D eigenvalue weighted by Gasteiger charge is -2.11. The summed E-state index contributed by atoms with van der Waals surface area (Å²) in [5, 5.41) is 15.3. The van der Waals surface area contributed by atoms with Gasteiger partial charge in [-0.3, -0.25) is 14.7 Å². The third-order valence-electron chi connectivity index (χ3n) is 4.78. The number of aromatic nitrogens is 3. The fraction of sp³-hybridized carbons (Fsp3) is 0.167. The lowest BCUT2D eigenvalue weighted by atomic mass is 10.1. The number of hydrogen-bond donors (Lipinski definition) is 3. The second-order valence-electron chi connectivity index (χ2n) is 7.37. The number of aryl methyl sites for hydroxylation is 1. The second kappa shape index (κ2) is 10.9. The second-order valence-corrected chi connectivity index (χ2v) is 9.35. The SMILES string of the molecule is Cc1ccc(CNC(=O)c2ccccc2NC(=O)CSc2n[nH]c(Cc3cccs3)n2)cc1. The van der Waals surface area contributed by atoms with Crippen LogP contribution in [0.25, 0.3) is 0 Å². The average Bonchev–Trinajstić information content (AvgIpc) is 3.50. The zero-order valence-electron chi connectivity index (χ0n) is 18.0. The molecule has 0 aliphatic rings. The molecular weight excluding hydrogens is 454 g/mol. The standard InChI is InChI=1S/C24H23N5O2S2/c1-16-8-10-17(11-9-16)14-25-23(31)19-6-2-3-7-20(19)26-22(30)15-33-24-27-21(28-29-24)13-18-5-4-12-32-18/h2-12H,13-15H2,1H3,(H,25,31)(H,26,30)(H,27,28,29). The highest BCUT2D eigenvalue weighted by molar-refractivity contribution is 7.99. The number of para-hydroxylation sites is 1. The van der Waals surface area contributed by atoms with E-state index in [0.29, 0.717) is 29.4 Å². The van der Waals surface area contributed by atoms with E-state index in [1.807, 2.05) is 48.7 Å². The summed E-state index contributed by atoms with van der Waals surface area (Å²) in [6, 6.07) is 19.0. The van der Waals surface area contributed by atoms with Gasteiger partial charge in [0.25, 0.3) is 5.91 Å². The van der Waals surface area contributed by atoms with Crippen LogP contribution in [0.2, 0.25) is 0 Å². The zero-order valence-corrected chi connectivity index (χ0v) is 19.6. The molecule has 0 spiro atoms. The topological polar surface area (TPSA) is 99.8 Å². The molecule has 7 nitrogen and oxygen atoms in total. The number of rotatable bonds is 9. The Morgan fingerprint density at radius 1 is 1.06 bits per heavy atom. The summed E-state index contributed by atoms with van der Waals surface area (Å²) >= 11 is 2.90. The number of thiophene rings is 1. The van der Waals surface area contributed by atoms with Gasteiger partial charge in [-0.05, 0) is 36.1 Å². The van der Waals surface area contributed by atoms with Gasteiger partial charge in [0.2, 0.25) is 11.1 Å². The first-order valence-electron chi connectivity index (χ1n) is 10.4. The van der Waals surface area contributed by atoms with Gasteiger partial charge in [0.05, 0.1) is 17.0 Å². The molecule has 2 heterocycles. The smallest absolute Gasteiger partial charge is 0.253 e. The molecule has 0 atom stereocenters. The molecule has 0 saturated heterocycles. The molecule has 0 fully saturated rings. The van der Waals surface area contributed by atoms with Crippen molar-refractivity contribution in [2.75, 3.05) is 11.1 Å². The number of thioether (sulfide) groups is 1. The summed E-state index contributed by atoms with van der Waals surface area (Å²) in [5.41, 5.74) is 3.06. The molecule has 0 radical (unpaired) electrons. The predicted molar refractivity (Wildman–Crippen MR) is 132 cm³/mol. The van der Waals surface area contributed by atoms with E-state index in [0.717, 1.165) is 11.4 Å². The van der Waals surface area contributed by atoms with E-state index in [-0.39, 0.29) is 17.6 Å². The van der Waals surface area contributed by atoms with Gasteiger partial charge >= 0.3 is 0 Å². The number of anilines is 1. The van der Waals surface area contributed by atoms with Crippen molar-refractivity contribution in [1.29, 1.82) is 0 Å². The van der Waals surface area contributed by atoms with Gasteiger partial charge in [-0.1, -0.05) is 59.8 Å². The molecule has 0 aliphatic heterocycles. The van der Waals surface area contributed by atoms with E-state index < -0.39 is 0 Å². The Labute approximate surface area is 200 Å². The van der Waals surface area contributed by atoms with E-state index in [1.54, 1.807) is 35.6 Å². The number of aromatic amines is 1. The van der Waals surface area contributed by atoms with Crippen LogP contribution in [0.5, 0.6) is 0 Å². The van der Waals surface area contributed by atoms with Crippen molar-refractivity contribution in [3.63, 3.8) is 0 Å². The van der Waals surface area contributed by atoms with E-state index in [4.69, 9.17) is 0 Å². The van der Waals surface area contributed by atoms with Crippen LogP contribution < -0.4 is 10.6 Å². The summed E-state index contributed by atoms with van der Waals surface area (Å²) in [6.45, 7) is 2.43. The third kappa shape index (κ3) is 6.53. The summed E-state index contributed by atoms with van der Waals surface area (Å²) in [7, 11) is 0. The maximum Gasteiger partial charge on any atom is 0.253 e. The Balaban J connectivity index is 1.30. The molecule has 0 aliphatic carbocycles. The van der Waals surface area contributed by atoms with Crippen molar-refractivity contribution in [2.45, 2.75) is 25.0 Å². The molecule has 2 aromatic heterocycles. The van der Waals surface area contributed by atoms with Crippen molar-refractivity contribution in [1.82, 2.24) is 20.5 Å². The monoisotopic (exact) mass is 477 g/mol. The minimum atomic E-state index is -0.244. The molecule has 0 bridgehead atoms. The molecular formula is C24H23N5O2S2. The fourth-order valence-corrected chi connectivity index (χ4v) is 4.42. The molecule has 168 valence electrons. The number of amides is 2. The quantitative estimate of drug-likeness (QED) is 0.310. The lowest BCUT2D eigenvalue weighted by Crippen LogP contribution is -2.25. The first kappa shape index (κ1) is 22.8. The summed E-state index contributed by atoms with van der Waals surface area (Å²) in [4.78, 5) is 30.8. The number of benzene rings is 2. The van der Waals surface area contributed by atoms with Crippen LogP contribution in [0.15, 0.2) is 71.2 Å². The maximum atomic E-state index is 12.7. The van der Waals surface area contributed by atoms with E-state index in [2.05, 4.69) is 25.8 Å². The summed E-state index contributed by atoms with van der Waals surface area (Å²) < 4.78 is 0. The molecule has 4 rings (SSSR count). The summed E-state index contributed by atoms with van der Waals surface area (Å²) in [5.74, 6) is 0.418. The van der Waals surface area contributed by atoms with Gasteiger partial charge in [0.1, 0.15) is 5.82 Å². The van der Waals surface area contributed by atoms with Crippen LogP contribution >= 0.6 is 23.1 Å². The molecule has 4 aromatic rings. The Hall–Kier alpha value is -3.43. The van der Waals surface area contributed by atoms with Crippen LogP contribution in [0.4, 0.5) is 5.69 Å². The van der Waals surface area contributed by atoms with E-state index in [9.17, 15) is 9.59 Å². The zero-order chi connectivity index (χ0) is 23.0. The van der Waals surface area contributed by atoms with E-state index in [1.165, 1.54) is 22.2 Å². The molecule has 0 unspecified atom stereocenters. The number of carbonyl (C=O) groups is 2. The highest BCUT2D eigenvalue weighted by Crippen LogP contribution is 2.19. The van der Waals surface area contributed by atoms with Crippen LogP contribution in [-0.2, 0) is 17.8 Å². The first-order chi connectivity index (χ1) is 16.1. The van der Waals surface area contributed by atoms with Gasteiger partial charge in [0, 0.05) is 17.8 Å². The highest BCUT2D eigenvalue weighted by Gasteiger charge is 2.14. The minimum Gasteiger partial charge on any atom is -0.348 e. The molecule has 2 amide bonds. The number of nitrogens with one attached hydrogen (secondary N) is 3. The maximum absolute atomic E-state index is 12.7. The molecule has 33 heavy (non-hydrogen) atoms. The van der Waals surface area contributed by atoms with Crippen molar-refractivity contribution < 1.29 is 9.59 Å². The average molecular weight is 478 g/mol.